The molecule has 17 heavy (non-hydrogen) atoms. The topological polar surface area (TPSA) is 63.1 Å². The molecule has 1 aromatic heterocycles. The molecule has 1 rings (SSSR count). The Balaban J connectivity index is 2.74. The summed E-state index contributed by atoms with van der Waals surface area (Å²) >= 11 is 1.47. The molecular formula is C12H18N2O2S. The number of thioether (sulfide) groups is 1. The van der Waals surface area contributed by atoms with Crippen LogP contribution in [0.2, 0.25) is 0 Å². The number of hydrogen-bond donors (Lipinski definition) is 1. The highest BCUT2D eigenvalue weighted by molar-refractivity contribution is 7.99. The Morgan fingerprint density at radius 3 is 2.59 bits per heavy atom. The number of aryl methyl sites for hydroxylation is 1. The third-order valence-corrected chi connectivity index (χ3v) is 3.44. The smallest absolute Gasteiger partial charge is 0.307 e. The monoisotopic (exact) mass is 254 g/mol. The highest BCUT2D eigenvalue weighted by atomic mass is 32.2. The molecule has 0 saturated carbocycles. The minimum absolute atomic E-state index is 0.283. The number of aliphatic carboxylic acids is 1. The van der Waals surface area contributed by atoms with Gasteiger partial charge < -0.3 is 5.11 Å². The fourth-order valence-electron chi connectivity index (χ4n) is 1.18. The summed E-state index contributed by atoms with van der Waals surface area (Å²) in [4.78, 5) is 19.5. The second-order valence-electron chi connectivity index (χ2n) is 4.41. The van der Waals surface area contributed by atoms with Gasteiger partial charge in [0.05, 0.1) is 10.9 Å². The summed E-state index contributed by atoms with van der Waals surface area (Å²) in [6.07, 6.45) is 0. The zero-order chi connectivity index (χ0) is 13.0. The van der Waals surface area contributed by atoms with Gasteiger partial charge in [0.15, 0.2) is 0 Å². The van der Waals surface area contributed by atoms with Crippen molar-refractivity contribution in [1.82, 2.24) is 9.97 Å². The first-order valence-corrected chi connectivity index (χ1v) is 6.60. The van der Waals surface area contributed by atoms with Crippen molar-refractivity contribution in [2.45, 2.75) is 38.6 Å². The predicted molar refractivity (Wildman–Crippen MR) is 68.4 cm³/mol. The van der Waals surface area contributed by atoms with Crippen molar-refractivity contribution in [1.29, 1.82) is 0 Å². The van der Waals surface area contributed by atoms with Gasteiger partial charge >= 0.3 is 5.97 Å². The number of rotatable bonds is 5. The molecule has 1 aromatic rings. The summed E-state index contributed by atoms with van der Waals surface area (Å²) in [6.45, 7) is 7.72. The summed E-state index contributed by atoms with van der Waals surface area (Å²) in [5.74, 6) is 0.496. The van der Waals surface area contributed by atoms with Crippen LogP contribution in [0.4, 0.5) is 0 Å². The van der Waals surface area contributed by atoms with Crippen LogP contribution >= 0.6 is 11.8 Å². The van der Waals surface area contributed by atoms with E-state index in [4.69, 9.17) is 5.11 Å². The van der Waals surface area contributed by atoms with Crippen LogP contribution in [-0.2, 0) is 4.79 Å². The van der Waals surface area contributed by atoms with Gasteiger partial charge in [0.2, 0.25) is 0 Å². The zero-order valence-corrected chi connectivity index (χ0v) is 11.4. The van der Waals surface area contributed by atoms with Crippen LogP contribution in [0.1, 0.15) is 38.2 Å². The van der Waals surface area contributed by atoms with Crippen LogP contribution in [0.5, 0.6) is 0 Å². The first-order chi connectivity index (χ1) is 7.90. The first kappa shape index (κ1) is 14.0. The lowest BCUT2D eigenvalue weighted by Gasteiger charge is -2.09. The van der Waals surface area contributed by atoms with Gasteiger partial charge in [0, 0.05) is 17.4 Å². The van der Waals surface area contributed by atoms with Crippen molar-refractivity contribution < 1.29 is 9.90 Å². The third kappa shape index (κ3) is 4.34. The second kappa shape index (κ2) is 6.00. The van der Waals surface area contributed by atoms with Crippen molar-refractivity contribution in [3.63, 3.8) is 0 Å². The van der Waals surface area contributed by atoms with E-state index in [0.717, 1.165) is 16.5 Å². The summed E-state index contributed by atoms with van der Waals surface area (Å²) < 4.78 is 0. The predicted octanol–water partition coefficient (Wildman–Crippen LogP) is 2.72. The van der Waals surface area contributed by atoms with Gasteiger partial charge in [-0.25, -0.2) is 9.97 Å². The molecule has 0 aliphatic carbocycles. The van der Waals surface area contributed by atoms with Crippen molar-refractivity contribution in [3.8, 4) is 0 Å². The van der Waals surface area contributed by atoms with Crippen LogP contribution in [0.25, 0.3) is 0 Å². The van der Waals surface area contributed by atoms with Crippen LogP contribution in [-0.4, -0.2) is 26.8 Å². The molecule has 4 nitrogen and oxygen atoms in total. The number of aromatic nitrogens is 2. The van der Waals surface area contributed by atoms with E-state index in [9.17, 15) is 4.79 Å². The van der Waals surface area contributed by atoms with E-state index < -0.39 is 5.97 Å². The maximum Gasteiger partial charge on any atom is 0.307 e. The summed E-state index contributed by atoms with van der Waals surface area (Å²) in [5.41, 5.74) is 0.925. The summed E-state index contributed by atoms with van der Waals surface area (Å²) in [7, 11) is 0. The van der Waals surface area contributed by atoms with E-state index in [1.807, 2.05) is 26.8 Å². The van der Waals surface area contributed by atoms with Crippen molar-refractivity contribution >= 4 is 17.7 Å². The normalized spacial score (nSPS) is 12.8. The Hall–Kier alpha value is -1.10. The largest absolute Gasteiger partial charge is 0.481 e. The van der Waals surface area contributed by atoms with Crippen molar-refractivity contribution in [3.05, 3.63) is 17.6 Å². The fraction of sp³-hybridized carbons (Fsp3) is 0.583. The zero-order valence-electron chi connectivity index (χ0n) is 10.6. The van der Waals surface area contributed by atoms with Gasteiger partial charge in [0.25, 0.3) is 0 Å². The fourth-order valence-corrected chi connectivity index (χ4v) is 2.15. The summed E-state index contributed by atoms with van der Waals surface area (Å²) in [6, 6.07) is 1.89. The van der Waals surface area contributed by atoms with Crippen LogP contribution in [0.15, 0.2) is 11.1 Å². The van der Waals surface area contributed by atoms with E-state index in [1.54, 1.807) is 6.92 Å². The lowest BCUT2D eigenvalue weighted by molar-refractivity contribution is -0.140. The van der Waals surface area contributed by atoms with Crippen molar-refractivity contribution in [2.75, 3.05) is 5.75 Å². The molecule has 0 spiro atoms. The van der Waals surface area contributed by atoms with Gasteiger partial charge in [-0.05, 0) is 13.0 Å². The molecule has 0 aliphatic heterocycles. The Bertz CT molecular complexity index is 407. The molecule has 0 aromatic carbocycles. The molecule has 0 radical (unpaired) electrons. The summed E-state index contributed by atoms with van der Waals surface area (Å²) in [5, 5.41) is 9.67. The van der Waals surface area contributed by atoms with Crippen molar-refractivity contribution in [2.24, 2.45) is 5.92 Å². The molecule has 1 unspecified atom stereocenters. The molecule has 1 N–H and O–H groups in total. The van der Waals surface area contributed by atoms with Crippen LogP contribution in [0, 0.1) is 12.8 Å². The SMILES string of the molecule is Cc1cc(SCC(C)C(=O)O)nc(C(C)C)n1. The van der Waals surface area contributed by atoms with E-state index in [-0.39, 0.29) is 11.8 Å². The molecule has 0 aliphatic rings. The number of carboxylic acid groups (broad SMARTS) is 1. The molecular weight excluding hydrogens is 236 g/mol. The maximum absolute atomic E-state index is 10.7. The Labute approximate surface area is 106 Å². The van der Waals surface area contributed by atoms with E-state index in [2.05, 4.69) is 9.97 Å². The molecule has 1 heterocycles. The first-order valence-electron chi connectivity index (χ1n) is 5.61. The number of nitrogens with zero attached hydrogens (tertiary/aromatic N) is 2. The quantitative estimate of drug-likeness (QED) is 0.646. The standard InChI is InChI=1S/C12H18N2O2S/c1-7(2)11-13-9(4)5-10(14-11)17-6-8(3)12(15)16/h5,7-8H,6H2,1-4H3,(H,15,16). The lowest BCUT2D eigenvalue weighted by Crippen LogP contribution is -2.12. The molecule has 1 atom stereocenters. The highest BCUT2D eigenvalue weighted by Gasteiger charge is 2.13. The second-order valence-corrected chi connectivity index (χ2v) is 5.45. The third-order valence-electron chi connectivity index (χ3n) is 2.27. The minimum Gasteiger partial charge on any atom is -0.481 e. The Kier molecular flexibility index (Phi) is 4.93. The van der Waals surface area contributed by atoms with E-state index >= 15 is 0 Å². The van der Waals surface area contributed by atoms with Gasteiger partial charge in [0.1, 0.15) is 5.82 Å². The molecule has 0 saturated heterocycles. The average molecular weight is 254 g/mol. The molecule has 5 heteroatoms. The highest BCUT2D eigenvalue weighted by Crippen LogP contribution is 2.21. The van der Waals surface area contributed by atoms with Crippen LogP contribution in [0.3, 0.4) is 0 Å². The number of hydrogen-bond acceptors (Lipinski definition) is 4. The van der Waals surface area contributed by atoms with E-state index in [1.165, 1.54) is 11.8 Å². The lowest BCUT2D eigenvalue weighted by atomic mass is 10.2. The molecule has 0 fully saturated rings. The average Bonchev–Trinajstić information content (AvgIpc) is 2.24. The van der Waals surface area contributed by atoms with Gasteiger partial charge in [-0.2, -0.15) is 0 Å². The number of carboxylic acids is 1. The van der Waals surface area contributed by atoms with Gasteiger partial charge in [-0.3, -0.25) is 4.79 Å². The van der Waals surface area contributed by atoms with Crippen LogP contribution < -0.4 is 0 Å². The van der Waals surface area contributed by atoms with E-state index in [0.29, 0.717) is 5.75 Å². The molecule has 94 valence electrons. The van der Waals surface area contributed by atoms with Gasteiger partial charge in [-0.1, -0.05) is 20.8 Å². The Morgan fingerprint density at radius 2 is 2.06 bits per heavy atom. The Morgan fingerprint density at radius 1 is 1.41 bits per heavy atom. The number of carbonyl (C=O) groups is 1. The molecule has 0 bridgehead atoms. The minimum atomic E-state index is -0.771. The molecule has 0 amide bonds. The maximum atomic E-state index is 10.7. The van der Waals surface area contributed by atoms with Gasteiger partial charge in [-0.15, -0.1) is 11.8 Å².